The largest absolute Gasteiger partial charge is 0.491 e. The van der Waals surface area contributed by atoms with Gasteiger partial charge >= 0.3 is 11.9 Å². The van der Waals surface area contributed by atoms with Crippen LogP contribution in [-0.2, 0) is 14.3 Å². The highest BCUT2D eigenvalue weighted by Gasteiger charge is 2.04. The van der Waals surface area contributed by atoms with E-state index in [1.807, 2.05) is 30.3 Å². The van der Waals surface area contributed by atoms with Gasteiger partial charge in [0.15, 0.2) is 0 Å². The summed E-state index contributed by atoms with van der Waals surface area (Å²) in [7, 11) is 0. The topological polar surface area (TPSA) is 105 Å². The van der Waals surface area contributed by atoms with Gasteiger partial charge in [-0.3, -0.25) is 0 Å². The lowest BCUT2D eigenvalue weighted by molar-refractivity contribution is -0.159. The van der Waals surface area contributed by atoms with E-state index >= 15 is 0 Å². The minimum atomic E-state index is -1.82. The zero-order valence-corrected chi connectivity index (χ0v) is 14.1. The molecule has 0 aliphatic rings. The molecular weight excluding hydrogens is 370 g/mol. The Morgan fingerprint density at radius 3 is 2.48 bits per heavy atom. The summed E-state index contributed by atoms with van der Waals surface area (Å²) in [5.74, 6) is -2.79. The molecule has 0 heterocycles. The molecule has 0 atom stereocenters. The van der Waals surface area contributed by atoms with Crippen LogP contribution in [0.25, 0.3) is 0 Å². The Hall–Kier alpha value is -1.90. The number of benzene rings is 1. The lowest BCUT2D eigenvalue weighted by Crippen LogP contribution is -2.20. The Morgan fingerprint density at radius 2 is 1.91 bits per heavy atom. The Labute approximate surface area is 143 Å². The first-order chi connectivity index (χ1) is 11.0. The van der Waals surface area contributed by atoms with Gasteiger partial charge in [0.05, 0.1) is 13.2 Å². The van der Waals surface area contributed by atoms with Crippen LogP contribution < -0.4 is 10.1 Å². The summed E-state index contributed by atoms with van der Waals surface area (Å²) in [5, 5.41) is 17.9. The van der Waals surface area contributed by atoms with Crippen LogP contribution in [0.4, 0.5) is 0 Å². The fourth-order valence-corrected chi connectivity index (χ4v) is 1.60. The molecule has 0 spiro atoms. The third-order valence-electron chi connectivity index (χ3n) is 2.19. The maximum absolute atomic E-state index is 9.10. The first-order valence-corrected chi connectivity index (χ1v) is 7.50. The molecule has 8 heteroatoms. The fourth-order valence-electron chi connectivity index (χ4n) is 1.23. The predicted octanol–water partition coefficient (Wildman–Crippen LogP) is 1.78. The number of halogens is 1. The van der Waals surface area contributed by atoms with Crippen molar-refractivity contribution < 1.29 is 29.3 Å². The second kappa shape index (κ2) is 13.7. The van der Waals surface area contributed by atoms with E-state index in [1.54, 1.807) is 0 Å². The molecule has 128 valence electrons. The quantitative estimate of drug-likeness (QED) is 0.335. The van der Waals surface area contributed by atoms with Crippen molar-refractivity contribution in [3.8, 4) is 5.75 Å². The average Bonchev–Trinajstić information content (AvgIpc) is 2.50. The molecule has 1 aromatic carbocycles. The Bertz CT molecular complexity index is 483. The van der Waals surface area contributed by atoms with Gasteiger partial charge in [0.25, 0.3) is 0 Å². The average molecular weight is 390 g/mol. The van der Waals surface area contributed by atoms with Gasteiger partial charge in [-0.05, 0) is 18.2 Å². The maximum Gasteiger partial charge on any atom is 0.414 e. The minimum absolute atomic E-state index is 0.567. The van der Waals surface area contributed by atoms with Gasteiger partial charge in [0.2, 0.25) is 0 Å². The van der Waals surface area contributed by atoms with Crippen molar-refractivity contribution in [1.82, 2.24) is 5.32 Å². The number of carboxylic acids is 2. The van der Waals surface area contributed by atoms with Crippen LogP contribution in [0, 0.1) is 0 Å². The summed E-state index contributed by atoms with van der Waals surface area (Å²) in [6, 6.07) is 7.77. The Balaban J connectivity index is 0.000000688. The van der Waals surface area contributed by atoms with Crippen molar-refractivity contribution in [2.24, 2.45) is 0 Å². The molecule has 0 saturated carbocycles. The molecule has 0 amide bonds. The van der Waals surface area contributed by atoms with Crippen molar-refractivity contribution in [3.63, 3.8) is 0 Å². The number of hydrogen-bond donors (Lipinski definition) is 3. The molecule has 0 saturated heterocycles. The molecule has 0 fully saturated rings. The van der Waals surface area contributed by atoms with E-state index < -0.39 is 11.9 Å². The number of aliphatic carboxylic acids is 2. The molecule has 0 unspecified atom stereocenters. The highest BCUT2D eigenvalue weighted by atomic mass is 79.9. The van der Waals surface area contributed by atoms with E-state index in [0.717, 1.165) is 23.3 Å². The number of nitrogens with one attached hydrogen (secondary N) is 1. The van der Waals surface area contributed by atoms with Gasteiger partial charge in [0.1, 0.15) is 12.4 Å². The standard InChI is InChI=1S/C13H18BrNO2.C2H2O4/c1-2-6-15-7-8-16-9-10-17-13-5-3-4-12(14)11-13;3-1(4)2(5)6/h2-5,11,15H,1,6-10H2;(H,3,4)(H,5,6). The van der Waals surface area contributed by atoms with Crippen LogP contribution in [0.5, 0.6) is 5.75 Å². The highest BCUT2D eigenvalue weighted by Crippen LogP contribution is 2.17. The summed E-state index contributed by atoms with van der Waals surface area (Å²) in [4.78, 5) is 18.2. The summed E-state index contributed by atoms with van der Waals surface area (Å²) in [5.41, 5.74) is 0. The number of ether oxygens (including phenoxy) is 2. The molecule has 0 aliphatic carbocycles. The SMILES string of the molecule is C=CCNCCOCCOc1cccc(Br)c1.O=C(O)C(=O)O. The molecule has 23 heavy (non-hydrogen) atoms. The van der Waals surface area contributed by atoms with Crippen molar-refractivity contribution >= 4 is 27.9 Å². The van der Waals surface area contributed by atoms with Crippen LogP contribution in [0.2, 0.25) is 0 Å². The molecule has 7 nitrogen and oxygen atoms in total. The van der Waals surface area contributed by atoms with Gasteiger partial charge in [0, 0.05) is 17.6 Å². The van der Waals surface area contributed by atoms with E-state index in [4.69, 9.17) is 29.3 Å². The minimum Gasteiger partial charge on any atom is -0.491 e. The van der Waals surface area contributed by atoms with Crippen LogP contribution >= 0.6 is 15.9 Å². The lowest BCUT2D eigenvalue weighted by Gasteiger charge is -2.07. The fraction of sp³-hybridized carbons (Fsp3) is 0.333. The van der Waals surface area contributed by atoms with Crippen molar-refractivity contribution in [2.45, 2.75) is 0 Å². The smallest absolute Gasteiger partial charge is 0.414 e. The number of carboxylic acid groups (broad SMARTS) is 2. The molecule has 0 aromatic heterocycles. The molecule has 0 aliphatic heterocycles. The van der Waals surface area contributed by atoms with Crippen LogP contribution in [0.1, 0.15) is 0 Å². The van der Waals surface area contributed by atoms with E-state index in [0.29, 0.717) is 19.8 Å². The van der Waals surface area contributed by atoms with Crippen LogP contribution in [0.3, 0.4) is 0 Å². The zero-order chi connectivity index (χ0) is 17.5. The van der Waals surface area contributed by atoms with Crippen LogP contribution in [-0.4, -0.2) is 55.1 Å². The number of rotatable bonds is 9. The highest BCUT2D eigenvalue weighted by molar-refractivity contribution is 9.10. The Kier molecular flexibility index (Phi) is 12.6. The monoisotopic (exact) mass is 389 g/mol. The van der Waals surface area contributed by atoms with E-state index in [2.05, 4.69) is 27.8 Å². The van der Waals surface area contributed by atoms with Gasteiger partial charge in [-0.2, -0.15) is 0 Å². The van der Waals surface area contributed by atoms with Gasteiger partial charge < -0.3 is 25.0 Å². The predicted molar refractivity (Wildman–Crippen MR) is 88.8 cm³/mol. The summed E-state index contributed by atoms with van der Waals surface area (Å²) < 4.78 is 11.9. The Morgan fingerprint density at radius 1 is 1.22 bits per heavy atom. The summed E-state index contributed by atoms with van der Waals surface area (Å²) in [6.45, 7) is 7.13. The van der Waals surface area contributed by atoms with Crippen molar-refractivity contribution in [1.29, 1.82) is 0 Å². The molecular formula is C15H20BrNO6. The van der Waals surface area contributed by atoms with Gasteiger partial charge in [-0.15, -0.1) is 6.58 Å². The maximum atomic E-state index is 9.10. The van der Waals surface area contributed by atoms with Gasteiger partial charge in [-0.25, -0.2) is 9.59 Å². The normalized spacial score (nSPS) is 9.43. The number of carbonyl (C=O) groups is 2. The van der Waals surface area contributed by atoms with Gasteiger partial charge in [-0.1, -0.05) is 28.1 Å². The first kappa shape index (κ1) is 21.1. The third-order valence-corrected chi connectivity index (χ3v) is 2.68. The molecule has 3 N–H and O–H groups in total. The molecule has 1 aromatic rings. The molecule has 1 rings (SSSR count). The van der Waals surface area contributed by atoms with E-state index in [1.165, 1.54) is 0 Å². The second-order valence-electron chi connectivity index (χ2n) is 4.02. The van der Waals surface area contributed by atoms with E-state index in [9.17, 15) is 0 Å². The molecule has 0 bridgehead atoms. The second-order valence-corrected chi connectivity index (χ2v) is 4.94. The van der Waals surface area contributed by atoms with E-state index in [-0.39, 0.29) is 0 Å². The third kappa shape index (κ3) is 13.5. The molecule has 0 radical (unpaired) electrons. The van der Waals surface area contributed by atoms with Crippen molar-refractivity contribution in [3.05, 3.63) is 41.4 Å². The first-order valence-electron chi connectivity index (χ1n) is 6.71. The van der Waals surface area contributed by atoms with Crippen LogP contribution in [0.15, 0.2) is 41.4 Å². The summed E-state index contributed by atoms with van der Waals surface area (Å²) in [6.07, 6.45) is 1.83. The lowest BCUT2D eigenvalue weighted by atomic mass is 10.3. The number of hydrogen-bond acceptors (Lipinski definition) is 5. The summed E-state index contributed by atoms with van der Waals surface area (Å²) >= 11 is 3.39. The van der Waals surface area contributed by atoms with Crippen molar-refractivity contribution in [2.75, 3.05) is 32.9 Å². The zero-order valence-electron chi connectivity index (χ0n) is 12.5.